The zero-order valence-corrected chi connectivity index (χ0v) is 18.7. The van der Waals surface area contributed by atoms with E-state index in [2.05, 4.69) is 4.98 Å². The Hall–Kier alpha value is -3.09. The van der Waals surface area contributed by atoms with E-state index in [9.17, 15) is 14.7 Å². The number of amides is 1. The highest BCUT2D eigenvalue weighted by atomic mass is 35.5. The van der Waals surface area contributed by atoms with Crippen molar-refractivity contribution in [3.8, 4) is 11.1 Å². The van der Waals surface area contributed by atoms with E-state index in [0.29, 0.717) is 5.56 Å². The van der Waals surface area contributed by atoms with Crippen molar-refractivity contribution in [2.75, 3.05) is 13.7 Å². The fraction of sp³-hybridized carbons (Fsp3) is 0.208. The zero-order chi connectivity index (χ0) is 22.8. The van der Waals surface area contributed by atoms with E-state index in [-0.39, 0.29) is 29.3 Å². The Balaban J connectivity index is 1.49. The summed E-state index contributed by atoms with van der Waals surface area (Å²) in [4.78, 5) is 29.6. The summed E-state index contributed by atoms with van der Waals surface area (Å²) in [5.74, 6) is -1.27. The predicted molar refractivity (Wildman–Crippen MR) is 122 cm³/mol. The molecule has 4 rings (SSSR count). The van der Waals surface area contributed by atoms with Gasteiger partial charge in [-0.05, 0) is 39.9 Å². The van der Waals surface area contributed by atoms with Crippen LogP contribution in [0.1, 0.15) is 22.6 Å². The maximum Gasteiger partial charge on any atom is 0.410 e. The van der Waals surface area contributed by atoms with Gasteiger partial charge in [-0.1, -0.05) is 71.7 Å². The number of halogens is 2. The molecule has 1 N–H and O–H groups in total. The summed E-state index contributed by atoms with van der Waals surface area (Å²) in [6.45, 7) is 0.108. The van der Waals surface area contributed by atoms with Gasteiger partial charge in [0, 0.05) is 19.4 Å². The van der Waals surface area contributed by atoms with Crippen LogP contribution in [0.3, 0.4) is 0 Å². The lowest BCUT2D eigenvalue weighted by Gasteiger charge is -2.25. The van der Waals surface area contributed by atoms with Crippen LogP contribution >= 0.6 is 23.2 Å². The molecule has 0 fully saturated rings. The molecule has 1 atom stereocenters. The minimum absolute atomic E-state index is 0.0119. The van der Waals surface area contributed by atoms with Gasteiger partial charge in [0.15, 0.2) is 0 Å². The van der Waals surface area contributed by atoms with Crippen LogP contribution in [0.15, 0.2) is 60.7 Å². The van der Waals surface area contributed by atoms with Gasteiger partial charge >= 0.3 is 12.1 Å². The molecule has 3 aromatic rings. The first-order valence-electron chi connectivity index (χ1n) is 9.97. The number of nitrogens with zero attached hydrogens (tertiary/aromatic N) is 2. The third-order valence-electron chi connectivity index (χ3n) is 5.63. The highest BCUT2D eigenvalue weighted by Crippen LogP contribution is 2.44. The Kier molecular flexibility index (Phi) is 6.35. The van der Waals surface area contributed by atoms with Gasteiger partial charge in [-0.3, -0.25) is 4.90 Å². The van der Waals surface area contributed by atoms with Gasteiger partial charge in [0.2, 0.25) is 0 Å². The number of carboxylic acids is 1. The molecule has 2 aromatic carbocycles. The lowest BCUT2D eigenvalue weighted by molar-refractivity contribution is -0.142. The Bertz CT molecular complexity index is 1120. The Labute approximate surface area is 195 Å². The van der Waals surface area contributed by atoms with Crippen molar-refractivity contribution in [1.82, 2.24) is 9.88 Å². The molecule has 0 radical (unpaired) electrons. The monoisotopic (exact) mass is 470 g/mol. The average molecular weight is 471 g/mol. The van der Waals surface area contributed by atoms with Crippen LogP contribution in [-0.2, 0) is 16.0 Å². The van der Waals surface area contributed by atoms with E-state index in [1.54, 1.807) is 0 Å². The minimum atomic E-state index is -1.16. The molecule has 32 heavy (non-hydrogen) atoms. The molecular weight excluding hydrogens is 451 g/mol. The van der Waals surface area contributed by atoms with Crippen molar-refractivity contribution in [3.63, 3.8) is 0 Å². The third kappa shape index (κ3) is 4.42. The van der Waals surface area contributed by atoms with Crippen molar-refractivity contribution < 1.29 is 19.4 Å². The Morgan fingerprint density at radius 1 is 1.03 bits per heavy atom. The molecule has 1 aliphatic carbocycles. The van der Waals surface area contributed by atoms with E-state index in [1.165, 1.54) is 19.2 Å². The largest absolute Gasteiger partial charge is 0.480 e. The van der Waals surface area contributed by atoms with Gasteiger partial charge in [-0.15, -0.1) is 0 Å². The number of likely N-dealkylation sites (N-methyl/N-ethyl adjacent to an activating group) is 1. The molecule has 0 bridgehead atoms. The second kappa shape index (κ2) is 9.18. The normalized spacial score (nSPS) is 13.2. The number of aliphatic carboxylic acids is 1. The van der Waals surface area contributed by atoms with Gasteiger partial charge in [-0.2, -0.15) is 0 Å². The van der Waals surface area contributed by atoms with Crippen LogP contribution in [0.4, 0.5) is 4.79 Å². The second-order valence-electron chi connectivity index (χ2n) is 7.59. The number of pyridine rings is 1. The van der Waals surface area contributed by atoms with Gasteiger partial charge in [0.1, 0.15) is 23.0 Å². The first kappa shape index (κ1) is 22.1. The highest BCUT2D eigenvalue weighted by Gasteiger charge is 2.32. The second-order valence-corrected chi connectivity index (χ2v) is 8.37. The molecule has 1 aromatic heterocycles. The number of carbonyl (C=O) groups is 2. The van der Waals surface area contributed by atoms with E-state index in [1.807, 2.05) is 48.5 Å². The summed E-state index contributed by atoms with van der Waals surface area (Å²) >= 11 is 11.8. The number of aromatic nitrogens is 1. The number of fused-ring (bicyclic) bond motifs is 3. The Morgan fingerprint density at radius 3 is 2.09 bits per heavy atom. The summed E-state index contributed by atoms with van der Waals surface area (Å²) < 4.78 is 5.58. The molecule has 8 heteroatoms. The van der Waals surface area contributed by atoms with Gasteiger partial charge in [0.25, 0.3) is 0 Å². The number of hydrogen-bond acceptors (Lipinski definition) is 4. The molecule has 1 amide bonds. The fourth-order valence-electron chi connectivity index (χ4n) is 4.07. The van der Waals surface area contributed by atoms with Gasteiger partial charge in [-0.25, -0.2) is 14.6 Å². The summed E-state index contributed by atoms with van der Waals surface area (Å²) in [6.07, 6.45) is -0.705. The molecule has 6 nitrogen and oxygen atoms in total. The summed E-state index contributed by atoms with van der Waals surface area (Å²) in [5.41, 5.74) is 4.96. The number of carboxylic acid groups (broad SMARTS) is 1. The maximum absolute atomic E-state index is 12.8. The van der Waals surface area contributed by atoms with Crippen LogP contribution in [0, 0.1) is 0 Å². The quantitative estimate of drug-likeness (QED) is 0.496. The summed E-state index contributed by atoms with van der Waals surface area (Å²) in [6, 6.07) is 17.9. The van der Waals surface area contributed by atoms with Crippen molar-refractivity contribution in [2.45, 2.75) is 18.4 Å². The molecule has 1 aliphatic rings. The standard InChI is InChI=1S/C24H20Cl2N2O4/c1-28(20(23(29)30)10-14-11-21(25)27-22(26)12-14)24(31)32-13-19-17-8-4-2-6-15(17)16-7-3-5-9-18(16)19/h2-9,11-12,19-20H,10,13H2,1H3,(H,29,30). The molecule has 0 spiro atoms. The Morgan fingerprint density at radius 2 is 1.56 bits per heavy atom. The van der Waals surface area contributed by atoms with Crippen LogP contribution < -0.4 is 0 Å². The molecule has 0 aliphatic heterocycles. The molecule has 1 unspecified atom stereocenters. The van der Waals surface area contributed by atoms with Gasteiger partial charge < -0.3 is 9.84 Å². The van der Waals surface area contributed by atoms with Crippen molar-refractivity contribution in [2.24, 2.45) is 0 Å². The SMILES string of the molecule is CN(C(=O)OCC1c2ccccc2-c2ccccc21)C(Cc1cc(Cl)nc(Cl)c1)C(=O)O. The van der Waals surface area contributed by atoms with Crippen molar-refractivity contribution in [1.29, 1.82) is 0 Å². The zero-order valence-electron chi connectivity index (χ0n) is 17.2. The number of ether oxygens (including phenoxy) is 1. The molecule has 1 heterocycles. The number of rotatable bonds is 6. The van der Waals surface area contributed by atoms with E-state index in [0.717, 1.165) is 27.2 Å². The first-order chi connectivity index (χ1) is 15.3. The molecule has 0 saturated carbocycles. The van der Waals surface area contributed by atoms with Gasteiger partial charge in [0.05, 0.1) is 0 Å². The first-order valence-corrected chi connectivity index (χ1v) is 10.7. The smallest absolute Gasteiger partial charge is 0.410 e. The van der Waals surface area contributed by atoms with Crippen molar-refractivity contribution in [3.05, 3.63) is 87.7 Å². The van der Waals surface area contributed by atoms with E-state index >= 15 is 0 Å². The number of hydrogen-bond donors (Lipinski definition) is 1. The van der Waals surface area contributed by atoms with E-state index < -0.39 is 18.1 Å². The topological polar surface area (TPSA) is 79.7 Å². The third-order valence-corrected chi connectivity index (χ3v) is 6.02. The predicted octanol–water partition coefficient (Wildman–Crippen LogP) is 5.27. The minimum Gasteiger partial charge on any atom is -0.480 e. The molecule has 164 valence electrons. The van der Waals surface area contributed by atoms with Crippen LogP contribution in [-0.4, -0.2) is 46.7 Å². The van der Waals surface area contributed by atoms with Crippen LogP contribution in [0.25, 0.3) is 11.1 Å². The number of carbonyl (C=O) groups excluding carboxylic acids is 1. The number of benzene rings is 2. The molecular formula is C24H20Cl2N2O4. The van der Waals surface area contributed by atoms with Crippen LogP contribution in [0.2, 0.25) is 10.3 Å². The summed E-state index contributed by atoms with van der Waals surface area (Å²) in [5, 5.41) is 10.0. The lowest BCUT2D eigenvalue weighted by Crippen LogP contribution is -2.44. The maximum atomic E-state index is 12.8. The molecule has 0 saturated heterocycles. The van der Waals surface area contributed by atoms with Crippen LogP contribution in [0.5, 0.6) is 0 Å². The van der Waals surface area contributed by atoms with Crippen molar-refractivity contribution >= 4 is 35.3 Å². The summed E-state index contributed by atoms with van der Waals surface area (Å²) in [7, 11) is 1.40. The fourth-order valence-corrected chi connectivity index (χ4v) is 4.57. The lowest BCUT2D eigenvalue weighted by atomic mass is 9.98. The van der Waals surface area contributed by atoms with E-state index in [4.69, 9.17) is 27.9 Å². The highest BCUT2D eigenvalue weighted by molar-refractivity contribution is 6.32. The average Bonchev–Trinajstić information content (AvgIpc) is 3.08.